The van der Waals surface area contributed by atoms with E-state index >= 15 is 0 Å². The monoisotopic (exact) mass is 666 g/mol. The van der Waals surface area contributed by atoms with Crippen LogP contribution >= 0.6 is 0 Å². The molecule has 13 nitrogen and oxygen atoms in total. The summed E-state index contributed by atoms with van der Waals surface area (Å²) in [6.45, 7) is 3.13. The summed E-state index contributed by atoms with van der Waals surface area (Å²) < 4.78 is 0. The van der Waals surface area contributed by atoms with Crippen molar-refractivity contribution in [2.75, 3.05) is 26.7 Å². The fraction of sp³-hybridized carbons (Fsp3) is 0.361. The van der Waals surface area contributed by atoms with E-state index in [0.29, 0.717) is 12.1 Å². The number of rotatable bonds is 7. The first-order valence-electron chi connectivity index (χ1n) is 16.5. The van der Waals surface area contributed by atoms with Crippen LogP contribution < -0.4 is 16.0 Å². The predicted molar refractivity (Wildman–Crippen MR) is 183 cm³/mol. The van der Waals surface area contributed by atoms with Gasteiger partial charge in [0.05, 0.1) is 17.8 Å². The maximum Gasteiger partial charge on any atom is 0.257 e. The van der Waals surface area contributed by atoms with Crippen LogP contribution in [0, 0.1) is 0 Å². The molecular formula is C36H42N8O5. The van der Waals surface area contributed by atoms with Crippen LogP contribution in [0.1, 0.15) is 47.4 Å². The fourth-order valence-electron chi connectivity index (χ4n) is 5.93. The quantitative estimate of drug-likeness (QED) is 0.233. The first-order valence-corrected chi connectivity index (χ1v) is 16.5. The van der Waals surface area contributed by atoms with Gasteiger partial charge in [-0.25, -0.2) is 9.97 Å². The van der Waals surface area contributed by atoms with Crippen LogP contribution in [0.2, 0.25) is 0 Å². The molecule has 4 aromatic rings. The normalized spacial score (nSPS) is 19.9. The Bertz CT molecular complexity index is 1810. The van der Waals surface area contributed by atoms with Crippen LogP contribution in [0.4, 0.5) is 0 Å². The second kappa shape index (κ2) is 16.0. The number of H-pyrrole nitrogens is 1. The maximum atomic E-state index is 14.1. The van der Waals surface area contributed by atoms with Gasteiger partial charge in [-0.1, -0.05) is 61.9 Å². The van der Waals surface area contributed by atoms with E-state index in [9.17, 15) is 24.0 Å². The van der Waals surface area contributed by atoms with Crippen LogP contribution in [-0.4, -0.2) is 99.1 Å². The van der Waals surface area contributed by atoms with Gasteiger partial charge in [0, 0.05) is 56.3 Å². The number of nitrogens with zero attached hydrogens (tertiary/aromatic N) is 4. The van der Waals surface area contributed by atoms with Gasteiger partial charge in [0.2, 0.25) is 23.6 Å². The van der Waals surface area contributed by atoms with Gasteiger partial charge in [0.25, 0.3) is 5.91 Å². The van der Waals surface area contributed by atoms with Gasteiger partial charge in [-0.2, -0.15) is 0 Å². The van der Waals surface area contributed by atoms with Crippen molar-refractivity contribution in [2.24, 2.45) is 0 Å². The molecule has 1 aliphatic rings. The van der Waals surface area contributed by atoms with E-state index < -0.39 is 54.2 Å². The van der Waals surface area contributed by atoms with Crippen molar-refractivity contribution in [1.82, 2.24) is 40.7 Å². The van der Waals surface area contributed by atoms with Crippen molar-refractivity contribution in [2.45, 2.75) is 57.7 Å². The van der Waals surface area contributed by atoms with Crippen LogP contribution in [0.3, 0.4) is 0 Å². The van der Waals surface area contributed by atoms with Gasteiger partial charge in [0.1, 0.15) is 24.5 Å². The third-order valence-corrected chi connectivity index (χ3v) is 8.77. The van der Waals surface area contributed by atoms with Gasteiger partial charge >= 0.3 is 0 Å². The van der Waals surface area contributed by atoms with Gasteiger partial charge in [-0.05, 0) is 30.5 Å². The van der Waals surface area contributed by atoms with E-state index in [1.807, 2.05) is 61.5 Å². The summed E-state index contributed by atoms with van der Waals surface area (Å²) in [5.41, 5.74) is 3.32. The van der Waals surface area contributed by atoms with Crippen molar-refractivity contribution in [1.29, 1.82) is 0 Å². The second-order valence-electron chi connectivity index (χ2n) is 12.2. The van der Waals surface area contributed by atoms with Crippen molar-refractivity contribution in [3.63, 3.8) is 0 Å². The van der Waals surface area contributed by atoms with E-state index in [-0.39, 0.29) is 31.5 Å². The Kier molecular flexibility index (Phi) is 11.3. The molecule has 1 saturated heterocycles. The fourth-order valence-corrected chi connectivity index (χ4v) is 5.93. The number of benzene rings is 2. The Morgan fingerprint density at radius 3 is 2.47 bits per heavy atom. The molecule has 256 valence electrons. The number of hydrogen-bond acceptors (Lipinski definition) is 7. The molecule has 13 heteroatoms. The minimum absolute atomic E-state index is 0.00295. The van der Waals surface area contributed by atoms with E-state index in [0.717, 1.165) is 28.5 Å². The molecule has 2 aromatic heterocycles. The van der Waals surface area contributed by atoms with Gasteiger partial charge in [0.15, 0.2) is 0 Å². The second-order valence-corrected chi connectivity index (χ2v) is 12.2. The summed E-state index contributed by atoms with van der Waals surface area (Å²) in [5.74, 6) is -2.54. The largest absolute Gasteiger partial charge is 0.361 e. The number of hydrogen-bond donors (Lipinski definition) is 4. The van der Waals surface area contributed by atoms with Crippen LogP contribution in [0.15, 0.2) is 73.3 Å². The first kappa shape index (κ1) is 34.7. The lowest BCUT2D eigenvalue weighted by atomic mass is 10.0. The van der Waals surface area contributed by atoms with E-state index in [1.54, 1.807) is 13.1 Å². The van der Waals surface area contributed by atoms with E-state index in [4.69, 9.17) is 0 Å². The zero-order valence-corrected chi connectivity index (χ0v) is 27.9. The number of aromatic nitrogens is 3. The highest BCUT2D eigenvalue weighted by molar-refractivity contribution is 5.99. The average Bonchev–Trinajstić information content (AvgIpc) is 3.52. The molecule has 5 rings (SSSR count). The zero-order chi connectivity index (χ0) is 34.9. The molecule has 1 fully saturated rings. The lowest BCUT2D eigenvalue weighted by Gasteiger charge is -2.30. The minimum atomic E-state index is -1.07. The van der Waals surface area contributed by atoms with Gasteiger partial charge in [-0.3, -0.25) is 24.0 Å². The number of para-hydroxylation sites is 1. The summed E-state index contributed by atoms with van der Waals surface area (Å²) in [7, 11) is 1.49. The molecule has 2 aromatic carbocycles. The Labute approximate surface area is 284 Å². The molecule has 0 aliphatic carbocycles. The molecule has 0 radical (unpaired) electrons. The zero-order valence-electron chi connectivity index (χ0n) is 27.9. The minimum Gasteiger partial charge on any atom is -0.361 e. The Balaban J connectivity index is 1.49. The van der Waals surface area contributed by atoms with Gasteiger partial charge < -0.3 is 30.7 Å². The maximum absolute atomic E-state index is 14.1. The molecule has 49 heavy (non-hydrogen) atoms. The Morgan fingerprint density at radius 1 is 0.939 bits per heavy atom. The average molecular weight is 667 g/mol. The summed E-state index contributed by atoms with van der Waals surface area (Å²) in [4.78, 5) is 82.9. The number of fused-ring (bicyclic) bond motifs is 1. The third-order valence-electron chi connectivity index (χ3n) is 8.77. The van der Waals surface area contributed by atoms with Crippen LogP contribution in [-0.2, 0) is 38.4 Å². The molecular weight excluding hydrogens is 624 g/mol. The molecule has 4 N–H and O–H groups in total. The summed E-state index contributed by atoms with van der Waals surface area (Å²) in [5, 5.41) is 9.39. The van der Waals surface area contributed by atoms with E-state index in [1.165, 1.54) is 29.4 Å². The molecule has 0 bridgehead atoms. The number of carbonyl (C=O) groups is 5. The van der Waals surface area contributed by atoms with E-state index in [2.05, 4.69) is 30.9 Å². The lowest BCUT2D eigenvalue weighted by molar-refractivity contribution is -0.142. The van der Waals surface area contributed by atoms with Crippen LogP contribution in [0.5, 0.6) is 0 Å². The topological polar surface area (TPSA) is 169 Å². The summed E-state index contributed by atoms with van der Waals surface area (Å²) in [6.07, 6.45) is 6.21. The number of aromatic amines is 1. The predicted octanol–water partition coefficient (Wildman–Crippen LogP) is 1.78. The van der Waals surface area contributed by atoms with Crippen molar-refractivity contribution in [3.05, 3.63) is 95.7 Å². The number of likely N-dealkylation sites (N-methyl/N-ethyl adjacent to an activating group) is 1. The number of aryl methyl sites for hydroxylation is 1. The molecule has 0 saturated carbocycles. The molecule has 3 atom stereocenters. The van der Waals surface area contributed by atoms with Crippen molar-refractivity contribution < 1.29 is 24.0 Å². The van der Waals surface area contributed by atoms with Crippen molar-refractivity contribution >= 4 is 40.4 Å². The summed E-state index contributed by atoms with van der Waals surface area (Å²) in [6, 6.07) is 13.9. The third kappa shape index (κ3) is 8.47. The lowest BCUT2D eigenvalue weighted by Crippen LogP contribution is -2.57. The smallest absolute Gasteiger partial charge is 0.257 e. The number of amides is 5. The molecule has 3 heterocycles. The van der Waals surface area contributed by atoms with Crippen molar-refractivity contribution in [3.8, 4) is 0 Å². The highest BCUT2D eigenvalue weighted by atomic mass is 16.2. The number of carbonyl (C=O) groups excluding carboxylic acids is 5. The molecule has 0 unspecified atom stereocenters. The van der Waals surface area contributed by atoms with Crippen LogP contribution in [0.25, 0.3) is 10.9 Å². The standard InChI is InChI=1S/C36H42N8O5/c1-4-10-28-27(20-37-22-40-28)35(48)44-16-15-38-34(47)30(17-24-11-6-5-7-12-24)42-33(46)23(2)43(3)36(49)31(41-32(45)21-44)18-25-19-39-29-14-9-8-13-26(25)29/h5-9,11-14,19-20,22-23,30-31,39H,4,10,15-18,21H2,1-3H3,(H,38,47)(H,41,45)(H,42,46)/t23-,30-,31-/m0/s1. The summed E-state index contributed by atoms with van der Waals surface area (Å²) >= 11 is 0. The number of nitrogens with one attached hydrogen (secondary N) is 4. The highest BCUT2D eigenvalue weighted by Crippen LogP contribution is 2.20. The molecule has 5 amide bonds. The highest BCUT2D eigenvalue weighted by Gasteiger charge is 2.33. The SMILES string of the molecule is CCCc1ncncc1C(=O)N1CCNC(=O)[C@H](Cc2ccccc2)NC(=O)[C@H](C)N(C)C(=O)[C@H](Cc2c[nH]c3ccccc23)NC(=O)C1. The Morgan fingerprint density at radius 2 is 1.69 bits per heavy atom. The molecule has 1 aliphatic heterocycles. The van der Waals surface area contributed by atoms with Gasteiger partial charge in [-0.15, -0.1) is 0 Å². The Hall–Kier alpha value is -5.59. The molecule has 0 spiro atoms. The first-order chi connectivity index (χ1) is 23.7.